The van der Waals surface area contributed by atoms with E-state index in [1.807, 2.05) is 0 Å². The molecule has 2 aromatic rings. The van der Waals surface area contributed by atoms with E-state index in [-0.39, 0.29) is 11.2 Å². The lowest BCUT2D eigenvalue weighted by Gasteiger charge is -2.15. The molecule has 2 heterocycles. The Balaban J connectivity index is 2.11. The Labute approximate surface area is 171 Å². The monoisotopic (exact) mass is 428 g/mol. The lowest BCUT2D eigenvalue weighted by atomic mass is 10.1. The van der Waals surface area contributed by atoms with Crippen LogP contribution in [-0.2, 0) is 33.7 Å². The molecule has 0 aliphatic carbocycles. The maximum absolute atomic E-state index is 12.9. The van der Waals surface area contributed by atoms with Gasteiger partial charge in [0.25, 0.3) is 5.56 Å². The van der Waals surface area contributed by atoms with Gasteiger partial charge in [-0.2, -0.15) is 0 Å². The van der Waals surface area contributed by atoms with Crippen LogP contribution in [0.5, 0.6) is 0 Å². The van der Waals surface area contributed by atoms with Crippen molar-refractivity contribution in [2.24, 2.45) is 13.0 Å². The molecule has 29 heavy (non-hydrogen) atoms. The minimum absolute atomic E-state index is 0.302. The van der Waals surface area contributed by atoms with E-state index in [0.29, 0.717) is 56.0 Å². The number of aryl methyl sites for hydroxylation is 2. The van der Waals surface area contributed by atoms with Crippen molar-refractivity contribution >= 4 is 18.8 Å². The third kappa shape index (κ3) is 5.68. The van der Waals surface area contributed by atoms with Crippen LogP contribution in [0, 0.1) is 5.92 Å². The summed E-state index contributed by atoms with van der Waals surface area (Å²) < 4.78 is 27.5. The maximum Gasteiger partial charge on any atom is 0.332 e. The largest absolute Gasteiger partial charge is 0.332 e. The van der Waals surface area contributed by atoms with Crippen molar-refractivity contribution in [1.29, 1.82) is 0 Å². The maximum atomic E-state index is 12.9. The summed E-state index contributed by atoms with van der Waals surface area (Å²) in [6.07, 6.45) is 4.08. The Morgan fingerprint density at radius 1 is 1.14 bits per heavy atom. The van der Waals surface area contributed by atoms with Crippen LogP contribution in [0.1, 0.15) is 47.0 Å². The zero-order chi connectivity index (χ0) is 21.6. The van der Waals surface area contributed by atoms with Gasteiger partial charge in [-0.3, -0.25) is 18.5 Å². The summed E-state index contributed by atoms with van der Waals surface area (Å²) in [5.74, 6) is 0.392. The summed E-state index contributed by atoms with van der Waals surface area (Å²) in [6, 6.07) is 0. The molecule has 2 rings (SSSR count). The van der Waals surface area contributed by atoms with E-state index < -0.39 is 7.60 Å². The molecular weight excluding hydrogens is 395 g/mol. The fourth-order valence-electron chi connectivity index (χ4n) is 3.08. The number of hydrogen-bond donors (Lipinski definition) is 0. The first-order valence-corrected chi connectivity index (χ1v) is 12.0. The summed E-state index contributed by atoms with van der Waals surface area (Å²) in [5.41, 5.74) is 0.187. The fourth-order valence-corrected chi connectivity index (χ4v) is 4.32. The van der Waals surface area contributed by atoms with Crippen molar-refractivity contribution in [3.05, 3.63) is 27.2 Å². The molecule has 0 saturated heterocycles. The first-order valence-electron chi connectivity index (χ1n) is 10.3. The van der Waals surface area contributed by atoms with E-state index in [1.165, 1.54) is 9.13 Å². The van der Waals surface area contributed by atoms with Crippen molar-refractivity contribution in [1.82, 2.24) is 18.7 Å². The predicted octanol–water partition coefficient (Wildman–Crippen LogP) is 2.99. The molecule has 0 fully saturated rings. The van der Waals surface area contributed by atoms with Gasteiger partial charge in [-0.25, -0.2) is 9.78 Å². The van der Waals surface area contributed by atoms with Gasteiger partial charge in [0.1, 0.15) is 0 Å². The number of fused-ring (bicyclic) bond motifs is 1. The molecule has 9 nitrogen and oxygen atoms in total. The van der Waals surface area contributed by atoms with Crippen molar-refractivity contribution in [2.75, 3.05) is 19.4 Å². The summed E-state index contributed by atoms with van der Waals surface area (Å²) in [6.45, 7) is 9.32. The van der Waals surface area contributed by atoms with Gasteiger partial charge >= 0.3 is 13.3 Å². The van der Waals surface area contributed by atoms with Gasteiger partial charge < -0.3 is 13.6 Å². The zero-order valence-electron chi connectivity index (χ0n) is 18.1. The van der Waals surface area contributed by atoms with Gasteiger partial charge in [0, 0.05) is 26.3 Å². The summed E-state index contributed by atoms with van der Waals surface area (Å²) >= 11 is 0. The van der Waals surface area contributed by atoms with Crippen LogP contribution < -0.4 is 11.2 Å². The molecule has 10 heteroatoms. The molecule has 0 spiro atoms. The Kier molecular flexibility index (Phi) is 8.43. The van der Waals surface area contributed by atoms with Crippen molar-refractivity contribution < 1.29 is 13.6 Å². The van der Waals surface area contributed by atoms with Crippen LogP contribution in [0.15, 0.2) is 15.9 Å². The smallest absolute Gasteiger partial charge is 0.325 e. The molecule has 0 N–H and O–H groups in total. The molecule has 0 amide bonds. The molecular formula is C19H33N4O5P. The van der Waals surface area contributed by atoms with Crippen LogP contribution in [0.25, 0.3) is 11.2 Å². The quantitative estimate of drug-likeness (QED) is 0.381. The minimum Gasteiger partial charge on any atom is -0.325 e. The van der Waals surface area contributed by atoms with Gasteiger partial charge in [-0.05, 0) is 32.1 Å². The Bertz CT molecular complexity index is 975. The van der Waals surface area contributed by atoms with Crippen LogP contribution in [-0.4, -0.2) is 38.1 Å². The summed E-state index contributed by atoms with van der Waals surface area (Å²) in [5, 5.41) is 0. The molecule has 0 aromatic carbocycles. The standard InChI is InChI=1S/C19H33N4O5P/c1-6-27-29(26,7-2)28-13-9-8-11-22-14-20-17-16(22)18(24)23(12-10-15(3)4)19(25)21(17)5/h14-15H,6-13H2,1-5H3. The van der Waals surface area contributed by atoms with Crippen molar-refractivity contribution in [3.63, 3.8) is 0 Å². The number of rotatable bonds is 12. The first kappa shape index (κ1) is 23.6. The third-order valence-corrected chi connectivity index (χ3v) is 6.83. The van der Waals surface area contributed by atoms with Gasteiger partial charge in [-0.15, -0.1) is 0 Å². The fraction of sp³-hybridized carbons (Fsp3) is 0.737. The molecule has 0 aliphatic heterocycles. The second-order valence-corrected chi connectivity index (χ2v) is 9.85. The molecule has 0 bridgehead atoms. The highest BCUT2D eigenvalue weighted by Crippen LogP contribution is 2.47. The molecule has 1 atom stereocenters. The molecule has 1 unspecified atom stereocenters. The van der Waals surface area contributed by atoms with Crippen LogP contribution in [0.3, 0.4) is 0 Å². The predicted molar refractivity (Wildman–Crippen MR) is 114 cm³/mol. The highest BCUT2D eigenvalue weighted by atomic mass is 31.2. The van der Waals surface area contributed by atoms with Crippen LogP contribution in [0.4, 0.5) is 0 Å². The lowest BCUT2D eigenvalue weighted by molar-refractivity contribution is 0.208. The minimum atomic E-state index is -2.99. The first-order chi connectivity index (χ1) is 13.7. The van der Waals surface area contributed by atoms with Gasteiger partial charge in [0.05, 0.1) is 19.5 Å². The van der Waals surface area contributed by atoms with Crippen molar-refractivity contribution in [2.45, 2.75) is 60.0 Å². The highest BCUT2D eigenvalue weighted by molar-refractivity contribution is 7.53. The van der Waals surface area contributed by atoms with E-state index in [2.05, 4.69) is 18.8 Å². The number of imidazole rings is 1. The Morgan fingerprint density at radius 2 is 1.86 bits per heavy atom. The average Bonchev–Trinajstić information content (AvgIpc) is 3.10. The van der Waals surface area contributed by atoms with E-state index in [1.54, 1.807) is 31.8 Å². The van der Waals surface area contributed by atoms with Crippen LogP contribution >= 0.6 is 7.60 Å². The number of nitrogens with zero attached hydrogens (tertiary/aromatic N) is 4. The Morgan fingerprint density at radius 3 is 2.48 bits per heavy atom. The molecule has 0 radical (unpaired) electrons. The second-order valence-electron chi connectivity index (χ2n) is 7.48. The summed E-state index contributed by atoms with van der Waals surface area (Å²) in [7, 11) is -1.36. The van der Waals surface area contributed by atoms with Gasteiger partial charge in [0.15, 0.2) is 11.2 Å². The molecule has 0 saturated carbocycles. The topological polar surface area (TPSA) is 97.3 Å². The van der Waals surface area contributed by atoms with Crippen molar-refractivity contribution in [3.8, 4) is 0 Å². The summed E-state index contributed by atoms with van der Waals surface area (Å²) in [4.78, 5) is 29.7. The third-order valence-electron chi connectivity index (χ3n) is 4.83. The molecule has 164 valence electrons. The second kappa shape index (κ2) is 10.4. The highest BCUT2D eigenvalue weighted by Gasteiger charge is 2.20. The SMILES string of the molecule is CCOP(=O)(CC)OCCCCn1cnc2c1c(=O)n(CCC(C)C)c(=O)n2C. The van der Waals surface area contributed by atoms with E-state index in [0.717, 1.165) is 12.8 Å². The molecule has 0 aliphatic rings. The van der Waals surface area contributed by atoms with Crippen LogP contribution in [0.2, 0.25) is 0 Å². The number of unbranched alkanes of at least 4 members (excludes halogenated alkanes) is 1. The van der Waals surface area contributed by atoms with Gasteiger partial charge in [-0.1, -0.05) is 20.8 Å². The lowest BCUT2D eigenvalue weighted by Crippen LogP contribution is -2.40. The normalized spacial score (nSPS) is 14.0. The number of aromatic nitrogens is 4. The Hall–Kier alpha value is -1.70. The van der Waals surface area contributed by atoms with E-state index in [4.69, 9.17) is 9.05 Å². The van der Waals surface area contributed by atoms with E-state index in [9.17, 15) is 14.2 Å². The molecule has 2 aromatic heterocycles. The average molecular weight is 428 g/mol. The van der Waals surface area contributed by atoms with E-state index >= 15 is 0 Å². The number of hydrogen-bond acceptors (Lipinski definition) is 6. The zero-order valence-corrected chi connectivity index (χ0v) is 19.0. The van der Waals surface area contributed by atoms with Gasteiger partial charge in [0.2, 0.25) is 0 Å².